The highest BCUT2D eigenvalue weighted by atomic mass is 16.3. The van der Waals surface area contributed by atoms with E-state index in [2.05, 4.69) is 202 Å². The highest BCUT2D eigenvalue weighted by Crippen LogP contribution is 2.54. The first kappa shape index (κ1) is 34.1. The lowest BCUT2D eigenvalue weighted by atomic mass is 9.35. The molecule has 0 spiro atoms. The standard InChI is InChI=1S/C52H46BN3O/c1-33-30-44-48-45(31-33)56-42-22-14-13-20-39(42)52(5,6)40-21-15-23-46-47(40)49(56)50(57-46)53(48)41-29-28-38(54(35-16-9-7-10-17-35)36-18-11-8-12-19-36)32-43(41)55(44)37-26-24-34(25-27-37)51(2,3)4/h7,9-11,13-32H,8,12H2,1-6H3. The van der Waals surface area contributed by atoms with E-state index in [1.165, 1.54) is 72.7 Å². The van der Waals surface area contributed by atoms with Gasteiger partial charge in [0.2, 0.25) is 0 Å². The normalized spacial score (nSPS) is 15.8. The van der Waals surface area contributed by atoms with Crippen molar-refractivity contribution >= 4 is 79.8 Å². The van der Waals surface area contributed by atoms with Crippen LogP contribution >= 0.6 is 0 Å². The van der Waals surface area contributed by atoms with Crippen molar-refractivity contribution in [1.29, 1.82) is 0 Å². The predicted octanol–water partition coefficient (Wildman–Crippen LogP) is 12.1. The fourth-order valence-corrected chi connectivity index (χ4v) is 10.1. The Morgan fingerprint density at radius 1 is 0.684 bits per heavy atom. The minimum absolute atomic E-state index is 0.0427. The zero-order valence-electron chi connectivity index (χ0n) is 33.6. The van der Waals surface area contributed by atoms with E-state index in [4.69, 9.17) is 4.42 Å². The third-order valence-electron chi connectivity index (χ3n) is 12.8. The number of hydrogen-bond donors (Lipinski definition) is 0. The fourth-order valence-electron chi connectivity index (χ4n) is 10.1. The highest BCUT2D eigenvalue weighted by Gasteiger charge is 2.49. The molecule has 0 saturated carbocycles. The van der Waals surface area contributed by atoms with Gasteiger partial charge in [-0.15, -0.1) is 0 Å². The van der Waals surface area contributed by atoms with Crippen molar-refractivity contribution in [1.82, 2.24) is 0 Å². The molecule has 0 bridgehead atoms. The van der Waals surface area contributed by atoms with Crippen LogP contribution in [0.15, 0.2) is 156 Å². The van der Waals surface area contributed by atoms with Gasteiger partial charge in [0, 0.05) is 50.6 Å². The molecule has 0 unspecified atom stereocenters. The number of para-hydroxylation sites is 2. The Kier molecular flexibility index (Phi) is 7.27. The van der Waals surface area contributed by atoms with E-state index in [9.17, 15) is 0 Å². The van der Waals surface area contributed by atoms with Crippen LogP contribution in [-0.2, 0) is 10.8 Å². The molecule has 4 nitrogen and oxygen atoms in total. The minimum Gasteiger partial charge on any atom is -0.468 e. The van der Waals surface area contributed by atoms with Crippen LogP contribution in [0.25, 0.3) is 11.0 Å². The van der Waals surface area contributed by atoms with E-state index in [0.717, 1.165) is 41.1 Å². The maximum Gasteiger partial charge on any atom is 0.297 e. The summed E-state index contributed by atoms with van der Waals surface area (Å²) in [7, 11) is 0. The van der Waals surface area contributed by atoms with Gasteiger partial charge >= 0.3 is 0 Å². The molecule has 0 saturated heterocycles. The Morgan fingerprint density at radius 2 is 1.42 bits per heavy atom. The Hall–Kier alpha value is -6.20. The summed E-state index contributed by atoms with van der Waals surface area (Å²) in [6, 6.07) is 47.6. The van der Waals surface area contributed by atoms with E-state index in [0.29, 0.717) is 0 Å². The van der Waals surface area contributed by atoms with Gasteiger partial charge in [-0.05, 0) is 125 Å². The molecule has 6 aromatic carbocycles. The van der Waals surface area contributed by atoms with E-state index in [1.54, 1.807) is 0 Å². The second-order valence-electron chi connectivity index (χ2n) is 17.8. The van der Waals surface area contributed by atoms with Crippen molar-refractivity contribution < 1.29 is 4.42 Å². The van der Waals surface area contributed by atoms with Crippen LogP contribution in [0.3, 0.4) is 0 Å². The molecule has 0 N–H and O–H groups in total. The molecule has 1 aromatic heterocycles. The number of fused-ring (bicyclic) bond motifs is 6. The quantitative estimate of drug-likeness (QED) is 0.168. The smallest absolute Gasteiger partial charge is 0.297 e. The summed E-state index contributed by atoms with van der Waals surface area (Å²) in [6.45, 7) is 13.7. The van der Waals surface area contributed by atoms with Crippen LogP contribution in [0.5, 0.6) is 0 Å². The third-order valence-corrected chi connectivity index (χ3v) is 12.8. The second-order valence-corrected chi connectivity index (χ2v) is 17.8. The first-order chi connectivity index (χ1) is 27.6. The number of hydrogen-bond acceptors (Lipinski definition) is 4. The number of nitrogens with zero attached hydrogens (tertiary/aromatic N) is 3. The molecule has 1 aliphatic carbocycles. The molecule has 57 heavy (non-hydrogen) atoms. The lowest BCUT2D eigenvalue weighted by Gasteiger charge is -2.43. The van der Waals surface area contributed by atoms with Gasteiger partial charge in [-0.3, -0.25) is 0 Å². The van der Waals surface area contributed by atoms with Crippen LogP contribution in [0.4, 0.5) is 45.5 Å². The molecular weight excluding hydrogens is 693 g/mol. The lowest BCUT2D eigenvalue weighted by molar-refractivity contribution is 0.590. The van der Waals surface area contributed by atoms with Crippen LogP contribution in [0.1, 0.15) is 69.7 Å². The minimum atomic E-state index is -0.246. The monoisotopic (exact) mass is 739 g/mol. The number of aryl methyl sites for hydroxylation is 1. The first-order valence-corrected chi connectivity index (χ1v) is 20.5. The average Bonchev–Trinajstić information content (AvgIpc) is 3.57. The Labute approximate surface area is 336 Å². The van der Waals surface area contributed by atoms with Crippen molar-refractivity contribution in [2.75, 3.05) is 14.7 Å². The molecule has 5 heteroatoms. The largest absolute Gasteiger partial charge is 0.468 e. The summed E-state index contributed by atoms with van der Waals surface area (Å²) in [6.07, 6.45) is 9.03. The predicted molar refractivity (Wildman–Crippen MR) is 241 cm³/mol. The van der Waals surface area contributed by atoms with Crippen molar-refractivity contribution in [3.63, 3.8) is 0 Å². The number of allylic oxidation sites excluding steroid dienone is 3. The average molecular weight is 740 g/mol. The molecule has 278 valence electrons. The Morgan fingerprint density at radius 3 is 2.18 bits per heavy atom. The van der Waals surface area contributed by atoms with Crippen LogP contribution < -0.4 is 31.3 Å². The molecule has 0 fully saturated rings. The number of benzene rings is 6. The van der Waals surface area contributed by atoms with Crippen molar-refractivity contribution in [3.8, 4) is 0 Å². The lowest BCUT2D eigenvalue weighted by Crippen LogP contribution is -2.61. The van der Waals surface area contributed by atoms with Crippen molar-refractivity contribution in [2.24, 2.45) is 0 Å². The molecule has 7 aromatic rings. The second kappa shape index (κ2) is 12.2. The molecular formula is C52H46BN3O. The number of anilines is 8. The molecule has 11 rings (SSSR count). The molecule has 3 aliphatic heterocycles. The summed E-state index contributed by atoms with van der Waals surface area (Å²) in [5.74, 6) is 0. The third kappa shape index (κ3) is 4.94. The summed E-state index contributed by atoms with van der Waals surface area (Å²) >= 11 is 0. The van der Waals surface area contributed by atoms with Crippen molar-refractivity contribution in [3.05, 3.63) is 174 Å². The van der Waals surface area contributed by atoms with Crippen LogP contribution in [0.2, 0.25) is 0 Å². The summed E-state index contributed by atoms with van der Waals surface area (Å²) in [5, 5.41) is 1.21. The topological polar surface area (TPSA) is 22.9 Å². The van der Waals surface area contributed by atoms with Gasteiger partial charge in [-0.25, -0.2) is 0 Å². The molecule has 0 amide bonds. The zero-order chi connectivity index (χ0) is 38.8. The van der Waals surface area contributed by atoms with E-state index in [-0.39, 0.29) is 17.5 Å². The van der Waals surface area contributed by atoms with Gasteiger partial charge in [0.15, 0.2) is 0 Å². The van der Waals surface area contributed by atoms with E-state index in [1.807, 2.05) is 0 Å². The molecule has 4 aliphatic rings. The summed E-state index contributed by atoms with van der Waals surface area (Å²) in [5.41, 5.74) is 20.0. The summed E-state index contributed by atoms with van der Waals surface area (Å²) in [4.78, 5) is 7.47. The van der Waals surface area contributed by atoms with Gasteiger partial charge in [0.25, 0.3) is 6.71 Å². The molecule has 0 atom stereocenters. The maximum absolute atomic E-state index is 7.23. The first-order valence-electron chi connectivity index (χ1n) is 20.5. The molecule has 4 heterocycles. The maximum atomic E-state index is 7.23. The van der Waals surface area contributed by atoms with E-state index < -0.39 is 0 Å². The van der Waals surface area contributed by atoms with E-state index >= 15 is 0 Å². The number of rotatable bonds is 4. The highest BCUT2D eigenvalue weighted by molar-refractivity contribution is 7.00. The van der Waals surface area contributed by atoms with Crippen LogP contribution in [-0.4, -0.2) is 6.71 Å². The fraction of sp³-hybridized carbons (Fsp3) is 0.192. The SMILES string of the molecule is Cc1cc2c3c(c1)N1c4ccccc4C(C)(C)c4cccc5oc(c1c45)B3c1ccc(N(C3=CCCC=C3)c3ccccc3)cc1N2c1ccc(C(C)(C)C)cc1. The van der Waals surface area contributed by atoms with Gasteiger partial charge in [-0.2, -0.15) is 0 Å². The Bertz CT molecular complexity index is 2840. The zero-order valence-corrected chi connectivity index (χ0v) is 33.6. The summed E-state index contributed by atoms with van der Waals surface area (Å²) < 4.78 is 7.23. The van der Waals surface area contributed by atoms with Gasteiger partial charge in [0.05, 0.1) is 17.0 Å². The van der Waals surface area contributed by atoms with Gasteiger partial charge in [0.1, 0.15) is 5.58 Å². The molecule has 0 radical (unpaired) electrons. The van der Waals surface area contributed by atoms with Gasteiger partial charge in [-0.1, -0.05) is 114 Å². The Balaban J connectivity index is 1.23. The van der Waals surface area contributed by atoms with Crippen molar-refractivity contribution in [2.45, 2.75) is 65.2 Å². The number of furan rings is 1. The van der Waals surface area contributed by atoms with Crippen LogP contribution in [0, 0.1) is 6.92 Å². The van der Waals surface area contributed by atoms with Gasteiger partial charge < -0.3 is 19.1 Å².